The number of alkyl halides is 5. The number of nitrogens with two attached hydrogens (primary N) is 1. The highest BCUT2D eigenvalue weighted by molar-refractivity contribution is 6.67. The van der Waals surface area contributed by atoms with Crippen molar-refractivity contribution in [3.63, 3.8) is 0 Å². The van der Waals surface area contributed by atoms with Crippen LogP contribution in [0.3, 0.4) is 0 Å². The molecule has 0 aliphatic rings. The first-order valence-corrected chi connectivity index (χ1v) is 5.00. The van der Waals surface area contributed by atoms with E-state index in [1.54, 1.807) is 0 Å². The zero-order valence-electron chi connectivity index (χ0n) is 8.97. The maximum atomic E-state index is 12.8. The van der Waals surface area contributed by atoms with E-state index in [0.717, 1.165) is 0 Å². The number of hydrogen-bond donors (Lipinski definition) is 1. The molecule has 0 spiro atoms. The van der Waals surface area contributed by atoms with Crippen molar-refractivity contribution in [2.45, 2.75) is 19.3 Å². The summed E-state index contributed by atoms with van der Waals surface area (Å²) in [5.41, 5.74) is 2.77. The number of hydrogen-bond acceptors (Lipinski definition) is 4. The summed E-state index contributed by atoms with van der Waals surface area (Å²) in [5.74, 6) is -1.22. The zero-order chi connectivity index (χ0) is 14.8. The molecule has 0 unspecified atom stereocenters. The van der Waals surface area contributed by atoms with Gasteiger partial charge in [-0.3, -0.25) is 4.79 Å². The molecule has 10 heteroatoms. The van der Waals surface area contributed by atoms with Crippen molar-refractivity contribution in [1.82, 2.24) is 4.98 Å². The van der Waals surface area contributed by atoms with E-state index in [2.05, 4.69) is 9.72 Å². The standard InChI is InChI=1S/C9H6ClF5N2O2/c10-7(18)6-3(1-16)5(8(11)12)4(2-17-6)19-9(13,14)15/h2,8H,1,16H2. The topological polar surface area (TPSA) is 65.2 Å². The number of nitrogens with zero attached hydrogens (tertiary/aromatic N) is 1. The van der Waals surface area contributed by atoms with Crippen LogP contribution in [-0.4, -0.2) is 16.6 Å². The van der Waals surface area contributed by atoms with Gasteiger partial charge in [-0.2, -0.15) is 0 Å². The Labute approximate surface area is 108 Å². The summed E-state index contributed by atoms with van der Waals surface area (Å²) in [4.78, 5) is 14.2. The Morgan fingerprint density at radius 3 is 2.42 bits per heavy atom. The summed E-state index contributed by atoms with van der Waals surface area (Å²) in [5, 5.41) is -1.21. The molecular formula is C9H6ClF5N2O2. The smallest absolute Gasteiger partial charge is 0.404 e. The minimum Gasteiger partial charge on any atom is -0.404 e. The van der Waals surface area contributed by atoms with Gasteiger partial charge in [0.25, 0.3) is 11.7 Å². The van der Waals surface area contributed by atoms with Gasteiger partial charge in [0, 0.05) is 12.1 Å². The lowest BCUT2D eigenvalue weighted by Gasteiger charge is -2.16. The third-order valence-corrected chi connectivity index (χ3v) is 2.20. The first kappa shape index (κ1) is 15.6. The number of aromatic nitrogens is 1. The molecule has 0 bridgehead atoms. The lowest BCUT2D eigenvalue weighted by molar-refractivity contribution is -0.275. The Morgan fingerprint density at radius 1 is 1.47 bits per heavy atom. The number of rotatable bonds is 4. The molecule has 0 atom stereocenters. The van der Waals surface area contributed by atoms with E-state index in [-0.39, 0.29) is 0 Å². The first-order valence-electron chi connectivity index (χ1n) is 4.63. The van der Waals surface area contributed by atoms with Gasteiger partial charge in [0.05, 0.1) is 11.8 Å². The van der Waals surface area contributed by atoms with E-state index in [4.69, 9.17) is 17.3 Å². The van der Waals surface area contributed by atoms with Gasteiger partial charge in [0.2, 0.25) is 0 Å². The number of carbonyl (C=O) groups is 1. The van der Waals surface area contributed by atoms with Gasteiger partial charge in [-0.15, -0.1) is 13.2 Å². The lowest BCUT2D eigenvalue weighted by atomic mass is 10.1. The van der Waals surface area contributed by atoms with Gasteiger partial charge in [0.15, 0.2) is 5.75 Å². The maximum Gasteiger partial charge on any atom is 0.573 e. The molecule has 0 aromatic carbocycles. The van der Waals surface area contributed by atoms with Crippen LogP contribution in [-0.2, 0) is 6.54 Å². The van der Waals surface area contributed by atoms with E-state index < -0.39 is 47.1 Å². The summed E-state index contributed by atoms with van der Waals surface area (Å²) in [6.45, 7) is -0.643. The minimum absolute atomic E-state index is 0.351. The van der Waals surface area contributed by atoms with Crippen molar-refractivity contribution >= 4 is 16.8 Å². The number of carbonyl (C=O) groups excluding carboxylic acids is 1. The van der Waals surface area contributed by atoms with E-state index >= 15 is 0 Å². The average molecular weight is 305 g/mol. The molecule has 0 fully saturated rings. The molecule has 19 heavy (non-hydrogen) atoms. The Hall–Kier alpha value is -1.48. The third-order valence-electron chi connectivity index (χ3n) is 2.02. The SMILES string of the molecule is NCc1c(C(=O)Cl)ncc(OC(F)(F)F)c1C(F)F. The van der Waals surface area contributed by atoms with Gasteiger partial charge < -0.3 is 10.5 Å². The van der Waals surface area contributed by atoms with Crippen LogP contribution >= 0.6 is 11.6 Å². The Kier molecular flexibility index (Phi) is 4.64. The van der Waals surface area contributed by atoms with E-state index in [9.17, 15) is 26.7 Å². The molecule has 0 saturated carbocycles. The molecular weight excluding hydrogens is 299 g/mol. The van der Waals surface area contributed by atoms with Crippen LogP contribution in [0.25, 0.3) is 0 Å². The van der Waals surface area contributed by atoms with Crippen LogP contribution in [0.4, 0.5) is 22.0 Å². The number of halogens is 6. The van der Waals surface area contributed by atoms with E-state index in [0.29, 0.717) is 6.20 Å². The normalized spacial score (nSPS) is 11.8. The average Bonchev–Trinajstić information content (AvgIpc) is 2.25. The van der Waals surface area contributed by atoms with Crippen molar-refractivity contribution in [2.75, 3.05) is 0 Å². The van der Waals surface area contributed by atoms with Crippen LogP contribution in [0.2, 0.25) is 0 Å². The maximum absolute atomic E-state index is 12.8. The van der Waals surface area contributed by atoms with Gasteiger partial charge >= 0.3 is 6.36 Å². The Bertz CT molecular complexity index is 492. The van der Waals surface area contributed by atoms with Crippen LogP contribution in [0, 0.1) is 0 Å². The molecule has 1 rings (SSSR count). The number of ether oxygens (including phenoxy) is 1. The summed E-state index contributed by atoms with van der Waals surface area (Å²) in [6.07, 6.45) is -8.17. The quantitative estimate of drug-likeness (QED) is 0.686. The van der Waals surface area contributed by atoms with Crippen molar-refractivity contribution in [2.24, 2.45) is 5.73 Å². The van der Waals surface area contributed by atoms with Gasteiger partial charge in [-0.1, -0.05) is 0 Å². The fourth-order valence-electron chi connectivity index (χ4n) is 1.37. The fourth-order valence-corrected chi connectivity index (χ4v) is 1.53. The van der Waals surface area contributed by atoms with Crippen LogP contribution in [0.5, 0.6) is 5.75 Å². The summed E-state index contributed by atoms with van der Waals surface area (Å²) in [7, 11) is 0. The number of pyridine rings is 1. The molecule has 2 N–H and O–H groups in total. The van der Waals surface area contributed by atoms with Crippen LogP contribution < -0.4 is 10.5 Å². The Balaban J connectivity index is 3.46. The van der Waals surface area contributed by atoms with Gasteiger partial charge in [-0.05, 0) is 11.6 Å². The van der Waals surface area contributed by atoms with E-state index in [1.165, 1.54) is 0 Å². The van der Waals surface area contributed by atoms with Crippen molar-refractivity contribution < 1.29 is 31.5 Å². The fraction of sp³-hybridized carbons (Fsp3) is 0.333. The molecule has 0 radical (unpaired) electrons. The second-order valence-corrected chi connectivity index (χ2v) is 3.53. The van der Waals surface area contributed by atoms with Crippen molar-refractivity contribution in [3.8, 4) is 5.75 Å². The highest BCUT2D eigenvalue weighted by atomic mass is 35.5. The molecule has 4 nitrogen and oxygen atoms in total. The molecule has 1 aromatic heterocycles. The van der Waals surface area contributed by atoms with E-state index in [1.807, 2.05) is 0 Å². The molecule has 0 saturated heterocycles. The predicted octanol–water partition coefficient (Wildman–Crippen LogP) is 2.76. The predicted molar refractivity (Wildman–Crippen MR) is 54.0 cm³/mol. The van der Waals surface area contributed by atoms with Gasteiger partial charge in [-0.25, -0.2) is 13.8 Å². The van der Waals surface area contributed by atoms with Crippen molar-refractivity contribution in [1.29, 1.82) is 0 Å². The minimum atomic E-state index is -5.18. The highest BCUT2D eigenvalue weighted by Crippen LogP contribution is 2.36. The summed E-state index contributed by atoms with van der Waals surface area (Å²) >= 11 is 5.08. The molecule has 0 aliphatic carbocycles. The highest BCUT2D eigenvalue weighted by Gasteiger charge is 2.35. The molecule has 0 amide bonds. The molecule has 1 heterocycles. The van der Waals surface area contributed by atoms with Crippen molar-refractivity contribution in [3.05, 3.63) is 23.0 Å². The monoisotopic (exact) mass is 304 g/mol. The molecule has 106 valence electrons. The largest absolute Gasteiger partial charge is 0.573 e. The second-order valence-electron chi connectivity index (χ2n) is 3.19. The third kappa shape index (κ3) is 3.74. The van der Waals surface area contributed by atoms with Crippen LogP contribution in [0.1, 0.15) is 28.0 Å². The first-order chi connectivity index (χ1) is 8.67. The lowest BCUT2D eigenvalue weighted by Crippen LogP contribution is -2.20. The zero-order valence-corrected chi connectivity index (χ0v) is 9.73. The van der Waals surface area contributed by atoms with Crippen LogP contribution in [0.15, 0.2) is 6.20 Å². The second kappa shape index (κ2) is 5.66. The summed E-state index contributed by atoms with van der Waals surface area (Å²) in [6, 6.07) is 0. The molecule has 1 aromatic rings. The molecule has 0 aliphatic heterocycles. The summed E-state index contributed by atoms with van der Waals surface area (Å²) < 4.78 is 65.2. The Morgan fingerprint density at radius 2 is 2.05 bits per heavy atom. The van der Waals surface area contributed by atoms with Gasteiger partial charge in [0.1, 0.15) is 5.69 Å².